The van der Waals surface area contributed by atoms with Crippen LogP contribution >= 0.6 is 23.1 Å². The van der Waals surface area contributed by atoms with Crippen molar-refractivity contribution in [1.82, 2.24) is 15.2 Å². The Hall–Kier alpha value is -3.66. The van der Waals surface area contributed by atoms with Gasteiger partial charge in [0.05, 0.1) is 6.42 Å². The summed E-state index contributed by atoms with van der Waals surface area (Å²) in [6.45, 7) is 2.36. The molecule has 5 N–H and O–H groups in total. The summed E-state index contributed by atoms with van der Waals surface area (Å²) < 4.78 is 4.88. The minimum Gasteiger partial charge on any atom is -0.481 e. The van der Waals surface area contributed by atoms with E-state index in [4.69, 9.17) is 20.4 Å². The molecule has 2 amide bonds. The van der Waals surface area contributed by atoms with E-state index >= 15 is 0 Å². The Bertz CT molecular complexity index is 1130. The summed E-state index contributed by atoms with van der Waals surface area (Å²) in [6, 6.07) is -1.07. The smallest absolute Gasteiger partial charge is 0.352 e. The highest BCUT2D eigenvalue weighted by Gasteiger charge is 2.54. The molecule has 188 valence electrons. The maximum absolute atomic E-state index is 13.0. The first-order chi connectivity index (χ1) is 16.5. The van der Waals surface area contributed by atoms with Crippen LogP contribution in [0.2, 0.25) is 0 Å². The molecule has 2 unspecified atom stereocenters. The highest BCUT2D eigenvalue weighted by molar-refractivity contribution is 8.00. The van der Waals surface area contributed by atoms with Gasteiger partial charge in [0.1, 0.15) is 35.5 Å². The molecule has 16 heteroatoms. The number of hydrogen-bond donors (Lipinski definition) is 4. The number of nitrogens with zero attached hydrogens (tertiary/aromatic N) is 3. The zero-order chi connectivity index (χ0) is 25.9. The maximum Gasteiger partial charge on any atom is 0.352 e. The average Bonchev–Trinajstić information content (AvgIpc) is 3.20. The Kier molecular flexibility index (Phi) is 7.96. The topological polar surface area (TPSA) is 211 Å². The predicted octanol–water partition coefficient (Wildman–Crippen LogP) is -0.389. The summed E-state index contributed by atoms with van der Waals surface area (Å²) in [5, 5.41) is 25.6. The molecule has 0 spiro atoms. The highest BCUT2D eigenvalue weighted by atomic mass is 32.2. The minimum absolute atomic E-state index is 0.0576. The molecule has 1 aromatic heterocycles. The number of fused-ring (bicyclic) bond motifs is 1. The van der Waals surface area contributed by atoms with Crippen LogP contribution in [0.25, 0.3) is 0 Å². The molecule has 2 aliphatic heterocycles. The van der Waals surface area contributed by atoms with Crippen molar-refractivity contribution in [3.63, 3.8) is 0 Å². The SMILES string of the molecule is CC(=O)OCC1=C(C(=O)O)N2C(=O)C(NC(=O)C(=NOC(C)CC(=O)O)c3csc(N)n3)[C@H]2SC1. The van der Waals surface area contributed by atoms with Crippen LogP contribution in [0.5, 0.6) is 0 Å². The van der Waals surface area contributed by atoms with Crippen LogP contribution in [-0.2, 0) is 33.5 Å². The molecule has 0 aromatic carbocycles. The van der Waals surface area contributed by atoms with E-state index in [0.29, 0.717) is 0 Å². The quantitative estimate of drug-likeness (QED) is 0.133. The molecule has 0 radical (unpaired) electrons. The first-order valence-corrected chi connectivity index (χ1v) is 11.9. The molecule has 3 atom stereocenters. The number of carbonyl (C=O) groups excluding carboxylic acids is 3. The van der Waals surface area contributed by atoms with Crippen LogP contribution in [0, 0.1) is 0 Å². The van der Waals surface area contributed by atoms with Crippen molar-refractivity contribution in [2.45, 2.75) is 37.8 Å². The van der Waals surface area contributed by atoms with Gasteiger partial charge in [0.15, 0.2) is 10.8 Å². The zero-order valence-corrected chi connectivity index (χ0v) is 20.1. The van der Waals surface area contributed by atoms with Gasteiger partial charge >= 0.3 is 17.9 Å². The van der Waals surface area contributed by atoms with E-state index in [9.17, 15) is 29.1 Å². The molecule has 3 heterocycles. The molecule has 35 heavy (non-hydrogen) atoms. The number of esters is 1. The van der Waals surface area contributed by atoms with Crippen LogP contribution in [-0.4, -0.2) is 85.4 Å². The summed E-state index contributed by atoms with van der Waals surface area (Å²) in [6.07, 6.45) is -1.23. The number of aromatic nitrogens is 1. The minimum atomic E-state index is -1.36. The second-order valence-electron chi connectivity index (χ2n) is 7.42. The lowest BCUT2D eigenvalue weighted by Crippen LogP contribution is -2.71. The van der Waals surface area contributed by atoms with Crippen LogP contribution < -0.4 is 11.1 Å². The van der Waals surface area contributed by atoms with Crippen LogP contribution in [0.1, 0.15) is 26.0 Å². The fourth-order valence-electron chi connectivity index (χ4n) is 3.22. The molecule has 0 aliphatic carbocycles. The average molecular weight is 528 g/mol. The van der Waals surface area contributed by atoms with E-state index < -0.39 is 47.2 Å². The van der Waals surface area contributed by atoms with Gasteiger partial charge in [-0.05, 0) is 6.92 Å². The number of hydrogen-bond acceptors (Lipinski definition) is 12. The summed E-state index contributed by atoms with van der Waals surface area (Å²) >= 11 is 2.22. The molecule has 14 nitrogen and oxygen atoms in total. The number of anilines is 1. The Balaban J connectivity index is 1.78. The number of amides is 2. The number of carboxylic acids is 2. The van der Waals surface area contributed by atoms with Crippen molar-refractivity contribution in [2.75, 3.05) is 18.1 Å². The number of nitrogen functional groups attached to an aromatic ring is 1. The van der Waals surface area contributed by atoms with Gasteiger partial charge < -0.3 is 30.8 Å². The second kappa shape index (κ2) is 10.7. The van der Waals surface area contributed by atoms with E-state index in [0.717, 1.165) is 16.2 Å². The number of thioether (sulfide) groups is 1. The van der Waals surface area contributed by atoms with Crippen molar-refractivity contribution in [3.05, 3.63) is 22.3 Å². The van der Waals surface area contributed by atoms with Crippen molar-refractivity contribution in [2.24, 2.45) is 5.16 Å². The standard InChI is InChI=1S/C19H21N5O9S2/c1-7(3-11(26)27)33-23-12(10-6-35-19(20)21-10)15(28)22-13-16(29)24-14(18(30)31)9(4-32-8(2)25)5-34-17(13)24/h6-7,13,17H,3-5H2,1-2H3,(H2,20,21)(H,22,28)(H,26,27)(H,30,31)/t7?,13?,17-/m1/s1. The van der Waals surface area contributed by atoms with Crippen LogP contribution in [0.15, 0.2) is 21.8 Å². The number of β-lactam (4-membered cyclic amide) rings is 1. The Morgan fingerprint density at radius 3 is 2.66 bits per heavy atom. The molecule has 0 saturated carbocycles. The Morgan fingerprint density at radius 2 is 2.09 bits per heavy atom. The maximum atomic E-state index is 13.0. The molecule has 1 fully saturated rings. The highest BCUT2D eigenvalue weighted by Crippen LogP contribution is 2.40. The van der Waals surface area contributed by atoms with E-state index in [-0.39, 0.29) is 46.6 Å². The van der Waals surface area contributed by atoms with Gasteiger partial charge in [-0.25, -0.2) is 9.78 Å². The van der Waals surface area contributed by atoms with Gasteiger partial charge in [-0.15, -0.1) is 23.1 Å². The zero-order valence-electron chi connectivity index (χ0n) is 18.4. The van der Waals surface area contributed by atoms with E-state index in [2.05, 4.69) is 15.5 Å². The summed E-state index contributed by atoms with van der Waals surface area (Å²) in [5.41, 5.74) is 5.33. The summed E-state index contributed by atoms with van der Waals surface area (Å²) in [7, 11) is 0. The fraction of sp³-hybridized carbons (Fsp3) is 0.421. The van der Waals surface area contributed by atoms with Gasteiger partial charge in [-0.1, -0.05) is 5.16 Å². The lowest BCUT2D eigenvalue weighted by Gasteiger charge is -2.49. The number of nitrogens with two attached hydrogens (primary N) is 1. The first-order valence-electron chi connectivity index (χ1n) is 10.0. The Labute approximate surface area is 206 Å². The summed E-state index contributed by atoms with van der Waals surface area (Å²) in [5.74, 6) is -4.44. The number of carboxylic acid groups (broad SMARTS) is 2. The third kappa shape index (κ3) is 5.89. The second-order valence-corrected chi connectivity index (χ2v) is 9.42. The van der Waals surface area contributed by atoms with Crippen molar-refractivity contribution < 1.29 is 43.8 Å². The third-order valence-electron chi connectivity index (χ3n) is 4.75. The molecule has 1 saturated heterocycles. The van der Waals surface area contributed by atoms with Gasteiger partial charge in [0.2, 0.25) is 0 Å². The van der Waals surface area contributed by atoms with Crippen LogP contribution in [0.4, 0.5) is 5.13 Å². The molecule has 3 rings (SSSR count). The first kappa shape index (κ1) is 26.0. The number of thiazole rings is 1. The van der Waals surface area contributed by atoms with E-state index in [1.54, 1.807) is 0 Å². The van der Waals surface area contributed by atoms with Crippen molar-refractivity contribution >= 4 is 63.7 Å². The van der Waals surface area contributed by atoms with Gasteiger partial charge in [0.25, 0.3) is 11.8 Å². The molecular weight excluding hydrogens is 506 g/mol. The fourth-order valence-corrected chi connectivity index (χ4v) is 5.09. The number of oxime groups is 1. The number of aliphatic carboxylic acids is 2. The van der Waals surface area contributed by atoms with Crippen molar-refractivity contribution in [1.29, 1.82) is 0 Å². The monoisotopic (exact) mass is 527 g/mol. The Morgan fingerprint density at radius 1 is 1.37 bits per heavy atom. The van der Waals surface area contributed by atoms with E-state index in [1.807, 2.05) is 0 Å². The number of carbonyl (C=O) groups is 5. The van der Waals surface area contributed by atoms with Gasteiger partial charge in [-0.2, -0.15) is 0 Å². The predicted molar refractivity (Wildman–Crippen MR) is 122 cm³/mol. The molecular formula is C19H21N5O9S2. The third-order valence-corrected chi connectivity index (χ3v) is 6.77. The largest absolute Gasteiger partial charge is 0.481 e. The lowest BCUT2D eigenvalue weighted by atomic mass is 10.0. The number of ether oxygens (including phenoxy) is 1. The summed E-state index contributed by atoms with van der Waals surface area (Å²) in [4.78, 5) is 69.7. The molecule has 2 aliphatic rings. The lowest BCUT2D eigenvalue weighted by molar-refractivity contribution is -0.150. The van der Waals surface area contributed by atoms with E-state index in [1.165, 1.54) is 31.0 Å². The van der Waals surface area contributed by atoms with Gasteiger partial charge in [-0.3, -0.25) is 24.1 Å². The molecule has 1 aromatic rings. The van der Waals surface area contributed by atoms with Gasteiger partial charge in [0, 0.05) is 23.6 Å². The number of nitrogens with one attached hydrogen (secondary N) is 1. The molecule has 0 bridgehead atoms. The van der Waals surface area contributed by atoms with Crippen LogP contribution in [0.3, 0.4) is 0 Å². The number of rotatable bonds is 10. The normalized spacial score (nSPS) is 20.5. The van der Waals surface area contributed by atoms with Crippen molar-refractivity contribution in [3.8, 4) is 0 Å².